The van der Waals surface area contributed by atoms with Gasteiger partial charge in [-0.15, -0.1) is 0 Å². The number of piperidine rings is 1. The summed E-state index contributed by atoms with van der Waals surface area (Å²) in [5.74, 6) is 1.15. The number of hydrogen-bond acceptors (Lipinski definition) is 7. The number of hydrogen-bond donors (Lipinski definition) is 0. The van der Waals surface area contributed by atoms with Gasteiger partial charge in [-0.25, -0.2) is 4.98 Å². The fourth-order valence-corrected chi connectivity index (χ4v) is 5.42. The minimum absolute atomic E-state index is 0.159. The third-order valence-corrected chi connectivity index (χ3v) is 7.47. The van der Waals surface area contributed by atoms with E-state index in [4.69, 9.17) is 21.9 Å². The highest BCUT2D eigenvalue weighted by atomic mass is 32.2. The molecule has 176 valence electrons. The van der Waals surface area contributed by atoms with E-state index in [0.29, 0.717) is 58.4 Å². The second-order valence-electron chi connectivity index (χ2n) is 8.64. The van der Waals surface area contributed by atoms with Gasteiger partial charge in [-0.05, 0) is 56.7 Å². The quantitative estimate of drug-likeness (QED) is 0.334. The third kappa shape index (κ3) is 5.15. The Morgan fingerprint density at radius 1 is 1.27 bits per heavy atom. The minimum Gasteiger partial charge on any atom is -0.382 e. The fourth-order valence-electron chi connectivity index (χ4n) is 4.13. The molecule has 0 atom stereocenters. The van der Waals surface area contributed by atoms with Gasteiger partial charge in [0, 0.05) is 39.0 Å². The zero-order valence-corrected chi connectivity index (χ0v) is 21.0. The van der Waals surface area contributed by atoms with E-state index in [9.17, 15) is 9.59 Å². The van der Waals surface area contributed by atoms with Crippen molar-refractivity contribution in [3.8, 4) is 0 Å². The van der Waals surface area contributed by atoms with Crippen LogP contribution in [0.2, 0.25) is 0 Å². The number of carbonyl (C=O) groups excluding carboxylic acids is 1. The Bertz CT molecular complexity index is 1150. The largest absolute Gasteiger partial charge is 0.382 e. The number of carbonyl (C=O) groups is 1. The molecule has 0 unspecified atom stereocenters. The second-order valence-corrected chi connectivity index (χ2v) is 10.3. The lowest BCUT2D eigenvalue weighted by atomic mass is 9.99. The van der Waals surface area contributed by atoms with Gasteiger partial charge in [0.1, 0.15) is 15.8 Å². The number of aromatic nitrogens is 2. The molecule has 2 fully saturated rings. The van der Waals surface area contributed by atoms with Gasteiger partial charge in [0.05, 0.1) is 10.5 Å². The van der Waals surface area contributed by atoms with Gasteiger partial charge in [0.2, 0.25) is 0 Å². The SMILES string of the molecule is CCOCCCN1C(=O)/C(=C\c2c(N3CCC(C)CC3)nc3ccc(C)cn3c2=O)SC1=S. The second kappa shape index (κ2) is 10.4. The number of ether oxygens (including phenoxy) is 1. The van der Waals surface area contributed by atoms with Crippen molar-refractivity contribution in [1.82, 2.24) is 14.3 Å². The molecule has 0 spiro atoms. The van der Waals surface area contributed by atoms with Gasteiger partial charge in [-0.2, -0.15) is 0 Å². The van der Waals surface area contributed by atoms with Crippen LogP contribution >= 0.6 is 24.0 Å². The summed E-state index contributed by atoms with van der Waals surface area (Å²) in [6.45, 7) is 9.56. The zero-order chi connectivity index (χ0) is 23.5. The molecule has 2 saturated heterocycles. The molecule has 4 rings (SSSR count). The van der Waals surface area contributed by atoms with Crippen LogP contribution in [0.15, 0.2) is 28.0 Å². The van der Waals surface area contributed by atoms with Gasteiger partial charge in [-0.3, -0.25) is 18.9 Å². The number of rotatable bonds is 7. The van der Waals surface area contributed by atoms with Crippen LogP contribution < -0.4 is 10.5 Å². The van der Waals surface area contributed by atoms with Gasteiger partial charge in [0.25, 0.3) is 11.5 Å². The van der Waals surface area contributed by atoms with E-state index >= 15 is 0 Å². The number of thiocarbonyl (C=S) groups is 1. The van der Waals surface area contributed by atoms with Crippen molar-refractivity contribution in [3.05, 3.63) is 44.7 Å². The van der Waals surface area contributed by atoms with Crippen LogP contribution in [-0.4, -0.2) is 57.4 Å². The number of fused-ring (bicyclic) bond motifs is 1. The first-order chi connectivity index (χ1) is 15.9. The number of amides is 1. The molecule has 0 bridgehead atoms. The lowest BCUT2D eigenvalue weighted by molar-refractivity contribution is -0.122. The summed E-state index contributed by atoms with van der Waals surface area (Å²) in [4.78, 5) is 35.8. The van der Waals surface area contributed by atoms with Crippen molar-refractivity contribution >= 4 is 51.7 Å². The number of pyridine rings is 1. The molecular weight excluding hydrogens is 456 g/mol. The van der Waals surface area contributed by atoms with Crippen molar-refractivity contribution in [3.63, 3.8) is 0 Å². The summed E-state index contributed by atoms with van der Waals surface area (Å²) in [6, 6.07) is 3.82. The summed E-state index contributed by atoms with van der Waals surface area (Å²) in [7, 11) is 0. The molecule has 0 saturated carbocycles. The predicted octanol–water partition coefficient (Wildman–Crippen LogP) is 3.87. The minimum atomic E-state index is -0.168. The van der Waals surface area contributed by atoms with E-state index in [1.54, 1.807) is 21.6 Å². The molecule has 1 amide bonds. The predicted molar refractivity (Wildman–Crippen MR) is 138 cm³/mol. The lowest BCUT2D eigenvalue weighted by Crippen LogP contribution is -2.36. The van der Waals surface area contributed by atoms with Gasteiger partial charge in [-0.1, -0.05) is 37.0 Å². The summed E-state index contributed by atoms with van der Waals surface area (Å²) in [6.07, 6.45) is 6.30. The molecule has 2 aromatic rings. The van der Waals surface area contributed by atoms with E-state index in [-0.39, 0.29) is 11.5 Å². The monoisotopic (exact) mass is 486 g/mol. The van der Waals surface area contributed by atoms with Crippen LogP contribution in [0.25, 0.3) is 11.7 Å². The zero-order valence-electron chi connectivity index (χ0n) is 19.4. The van der Waals surface area contributed by atoms with Crippen LogP contribution in [0.5, 0.6) is 0 Å². The van der Waals surface area contributed by atoms with E-state index < -0.39 is 0 Å². The molecule has 0 radical (unpaired) electrons. The van der Waals surface area contributed by atoms with E-state index in [0.717, 1.165) is 31.5 Å². The van der Waals surface area contributed by atoms with E-state index in [1.165, 1.54) is 11.8 Å². The first-order valence-electron chi connectivity index (χ1n) is 11.5. The number of anilines is 1. The molecule has 4 heterocycles. The Morgan fingerprint density at radius 3 is 2.76 bits per heavy atom. The Labute approximate surface area is 203 Å². The summed E-state index contributed by atoms with van der Waals surface area (Å²) in [5.41, 5.74) is 1.86. The highest BCUT2D eigenvalue weighted by Crippen LogP contribution is 2.34. The van der Waals surface area contributed by atoms with Crippen LogP contribution in [-0.2, 0) is 9.53 Å². The lowest BCUT2D eigenvalue weighted by Gasteiger charge is -2.32. The van der Waals surface area contributed by atoms with Crippen molar-refractivity contribution in [2.24, 2.45) is 5.92 Å². The Balaban J connectivity index is 1.72. The average molecular weight is 487 g/mol. The first kappa shape index (κ1) is 23.9. The maximum absolute atomic E-state index is 13.6. The number of nitrogens with zero attached hydrogens (tertiary/aromatic N) is 4. The van der Waals surface area contributed by atoms with Crippen LogP contribution in [0, 0.1) is 12.8 Å². The van der Waals surface area contributed by atoms with E-state index in [2.05, 4.69) is 11.8 Å². The fraction of sp³-hybridized carbons (Fsp3) is 0.500. The molecule has 33 heavy (non-hydrogen) atoms. The first-order valence-corrected chi connectivity index (χ1v) is 12.7. The molecule has 9 heteroatoms. The van der Waals surface area contributed by atoms with Crippen LogP contribution in [0.1, 0.15) is 44.2 Å². The smallest absolute Gasteiger partial charge is 0.267 e. The molecule has 0 aliphatic carbocycles. The molecule has 2 aliphatic rings. The Hall–Kier alpha value is -2.23. The van der Waals surface area contributed by atoms with Crippen molar-refractivity contribution < 1.29 is 9.53 Å². The Kier molecular flexibility index (Phi) is 7.51. The molecule has 0 aromatic carbocycles. The number of thioether (sulfide) groups is 1. The maximum Gasteiger partial charge on any atom is 0.267 e. The summed E-state index contributed by atoms with van der Waals surface area (Å²) < 4.78 is 7.47. The van der Waals surface area contributed by atoms with Crippen LogP contribution in [0.3, 0.4) is 0 Å². The molecule has 0 N–H and O–H groups in total. The van der Waals surface area contributed by atoms with Gasteiger partial charge < -0.3 is 9.64 Å². The van der Waals surface area contributed by atoms with Crippen molar-refractivity contribution in [1.29, 1.82) is 0 Å². The molecular formula is C24H30N4O3S2. The highest BCUT2D eigenvalue weighted by Gasteiger charge is 2.32. The summed E-state index contributed by atoms with van der Waals surface area (Å²) in [5, 5.41) is 0. The van der Waals surface area contributed by atoms with Gasteiger partial charge >= 0.3 is 0 Å². The van der Waals surface area contributed by atoms with Crippen molar-refractivity contribution in [2.45, 2.75) is 40.0 Å². The highest BCUT2D eigenvalue weighted by molar-refractivity contribution is 8.26. The topological polar surface area (TPSA) is 67.2 Å². The number of aryl methyl sites for hydroxylation is 1. The van der Waals surface area contributed by atoms with Crippen LogP contribution in [0.4, 0.5) is 5.82 Å². The van der Waals surface area contributed by atoms with Gasteiger partial charge in [0.15, 0.2) is 0 Å². The standard InChI is InChI=1S/C24H30N4O3S2/c1-4-31-13-5-10-27-23(30)19(33-24(27)32)14-18-21(26-11-8-16(2)9-12-26)25-20-7-6-17(3)15-28(20)22(18)29/h6-7,14-16H,4-5,8-13H2,1-3H3/b19-14+. The molecule has 2 aromatic heterocycles. The van der Waals surface area contributed by atoms with E-state index in [1.807, 2.05) is 26.0 Å². The third-order valence-electron chi connectivity index (χ3n) is 6.09. The Morgan fingerprint density at radius 2 is 2.03 bits per heavy atom. The normalized spacial score (nSPS) is 18.8. The molecule has 2 aliphatic heterocycles. The van der Waals surface area contributed by atoms with Crippen molar-refractivity contribution in [2.75, 3.05) is 37.7 Å². The molecule has 7 nitrogen and oxygen atoms in total. The summed E-state index contributed by atoms with van der Waals surface area (Å²) >= 11 is 6.71. The maximum atomic E-state index is 13.6. The average Bonchev–Trinajstić information content (AvgIpc) is 3.06.